The van der Waals surface area contributed by atoms with Crippen LogP contribution < -0.4 is 16.3 Å². The number of rotatable bonds is 11. The second-order valence-electron chi connectivity index (χ2n) is 9.55. The molecule has 0 spiro atoms. The minimum atomic E-state index is -2.48. The van der Waals surface area contributed by atoms with Gasteiger partial charge in [-0.15, -0.1) is 4.63 Å². The van der Waals surface area contributed by atoms with E-state index in [1.807, 2.05) is 16.3 Å². The van der Waals surface area contributed by atoms with Gasteiger partial charge in [0, 0.05) is 5.16 Å². The van der Waals surface area contributed by atoms with E-state index in [1.165, 1.54) is 27.7 Å². The molecule has 0 amide bonds. The predicted octanol–water partition coefficient (Wildman–Crippen LogP) is -0.386. The van der Waals surface area contributed by atoms with Crippen LogP contribution >= 0.6 is 0 Å². The maximum absolute atomic E-state index is 12.8. The van der Waals surface area contributed by atoms with Crippen LogP contribution in [0.5, 0.6) is 0 Å². The van der Waals surface area contributed by atoms with Crippen molar-refractivity contribution < 1.29 is 52.7 Å². The topological polar surface area (TPSA) is 297 Å². The van der Waals surface area contributed by atoms with Crippen molar-refractivity contribution >= 4 is 23.3 Å². The molecule has 25 heteroatoms. The summed E-state index contributed by atoms with van der Waals surface area (Å²) in [5, 5.41) is 36.8. The Labute approximate surface area is 225 Å². The first-order valence-electron chi connectivity index (χ1n) is 11.3. The van der Waals surface area contributed by atoms with Gasteiger partial charge in [0.05, 0.1) is 9.81 Å². The molecule has 3 N–H and O–H groups in total. The van der Waals surface area contributed by atoms with Gasteiger partial charge in [0.25, 0.3) is 11.6 Å². The van der Waals surface area contributed by atoms with Gasteiger partial charge in [0.2, 0.25) is 9.74 Å². The third kappa shape index (κ3) is 5.58. The molecule has 0 saturated carbocycles. The summed E-state index contributed by atoms with van der Waals surface area (Å²) in [5.41, 5.74) is 1.09. The SMILES string of the molecule is CC1(C)OCC([N+](=O)[O-])([N+](=O)Nc2nonc2N[N+](=O)c2nonc2N[N+](=O)C2([N+](=O)[O-])COC(C)(C)OC2)CO1. The van der Waals surface area contributed by atoms with Crippen LogP contribution in [0.4, 0.5) is 23.3 Å². The van der Waals surface area contributed by atoms with Crippen LogP contribution in [0, 0.1) is 34.9 Å². The highest BCUT2D eigenvalue weighted by atomic mass is 16.7. The van der Waals surface area contributed by atoms with Gasteiger partial charge in [0.15, 0.2) is 43.2 Å². The molecule has 2 aromatic rings. The molecule has 0 bridgehead atoms. The Morgan fingerprint density at radius 1 is 0.610 bits per heavy atom. The highest BCUT2D eigenvalue weighted by Gasteiger charge is 2.66. The van der Waals surface area contributed by atoms with Crippen molar-refractivity contribution in [2.24, 2.45) is 0 Å². The first-order valence-corrected chi connectivity index (χ1v) is 11.3. The van der Waals surface area contributed by atoms with Crippen LogP contribution in [0.25, 0.3) is 0 Å². The van der Waals surface area contributed by atoms with E-state index in [0.717, 1.165) is 0 Å². The molecular weight excluding hydrogens is 568 g/mol. The fourth-order valence-electron chi connectivity index (χ4n) is 3.19. The lowest BCUT2D eigenvalue weighted by Crippen LogP contribution is -2.62. The number of hydrazine groups is 3. The van der Waals surface area contributed by atoms with Crippen molar-refractivity contribution in [3.63, 3.8) is 0 Å². The Bertz CT molecular complexity index is 1370. The van der Waals surface area contributed by atoms with Gasteiger partial charge in [-0.2, -0.15) is 5.43 Å². The van der Waals surface area contributed by atoms with Crippen LogP contribution in [-0.4, -0.2) is 94.4 Å². The summed E-state index contributed by atoms with van der Waals surface area (Å²) in [6.07, 6.45) is 0. The largest absolute Gasteiger partial charge is 0.522 e. The van der Waals surface area contributed by atoms with E-state index in [4.69, 9.17) is 18.9 Å². The van der Waals surface area contributed by atoms with Crippen LogP contribution in [0.3, 0.4) is 0 Å². The zero-order valence-electron chi connectivity index (χ0n) is 21.7. The molecular formula is C16H23N12O13+3. The van der Waals surface area contributed by atoms with E-state index in [0.29, 0.717) is 0 Å². The monoisotopic (exact) mass is 591 g/mol. The highest BCUT2D eigenvalue weighted by Crippen LogP contribution is 2.30. The molecule has 2 aliphatic rings. The Morgan fingerprint density at radius 2 is 0.976 bits per heavy atom. The van der Waals surface area contributed by atoms with E-state index in [9.17, 15) is 34.9 Å². The molecule has 0 unspecified atom stereocenters. The third-order valence-electron chi connectivity index (χ3n) is 5.81. The van der Waals surface area contributed by atoms with E-state index in [-0.39, 0.29) is 14.6 Å². The lowest BCUT2D eigenvalue weighted by Gasteiger charge is -2.32. The first-order chi connectivity index (χ1) is 19.1. The van der Waals surface area contributed by atoms with Crippen LogP contribution in [0.1, 0.15) is 27.7 Å². The van der Waals surface area contributed by atoms with E-state index in [2.05, 4.69) is 29.9 Å². The zero-order valence-corrected chi connectivity index (χ0v) is 21.7. The van der Waals surface area contributed by atoms with Crippen molar-refractivity contribution in [1.29, 1.82) is 0 Å². The molecule has 0 radical (unpaired) electrons. The number of nitrogens with zero attached hydrogens (tertiary/aromatic N) is 9. The third-order valence-corrected chi connectivity index (χ3v) is 5.81. The minimum Gasteiger partial charge on any atom is -0.335 e. The minimum absolute atomic E-state index is 0.193. The number of hydrogen-bond acceptors (Lipinski definition) is 17. The van der Waals surface area contributed by atoms with Gasteiger partial charge in [-0.05, 0) is 42.9 Å². The predicted molar refractivity (Wildman–Crippen MR) is 121 cm³/mol. The fraction of sp³-hybridized carbons (Fsp3) is 0.750. The average Bonchev–Trinajstić information content (AvgIpc) is 3.53. The number of hydrogen-bond donors (Lipinski definition) is 3. The van der Waals surface area contributed by atoms with Crippen LogP contribution in [0.15, 0.2) is 9.26 Å². The molecule has 222 valence electrons. The molecule has 0 aromatic carbocycles. The first kappa shape index (κ1) is 29.1. The molecule has 41 heavy (non-hydrogen) atoms. The lowest BCUT2D eigenvalue weighted by atomic mass is 10.2. The van der Waals surface area contributed by atoms with Crippen molar-refractivity contribution in [3.8, 4) is 0 Å². The number of anilines is 3. The number of ether oxygens (including phenoxy) is 4. The highest BCUT2D eigenvalue weighted by molar-refractivity contribution is 5.55. The van der Waals surface area contributed by atoms with E-state index < -0.39 is 82.4 Å². The normalized spacial score (nSPS) is 20.4. The Kier molecular flexibility index (Phi) is 7.29. The molecule has 2 saturated heterocycles. The van der Waals surface area contributed by atoms with Gasteiger partial charge < -0.3 is 18.9 Å². The standard InChI is InChI=1S/C16H23N12O13/c1-13(2)36-5-15(6-37-13,27(32)33)25(30)18-10-9(20-40-21-10)17-24(29)12-11(22-41-23-12)19-26(31)16(28(34)35)7-38-14(3,4)39-8-16/h5-8H2,1-4H3,(H,17,20,29)(H,18,21,30)(H,19,22,31)/q+3. The zero-order chi connectivity index (χ0) is 30.2. The molecule has 25 nitrogen and oxygen atoms in total. The summed E-state index contributed by atoms with van der Waals surface area (Å²) < 4.78 is 29.9. The van der Waals surface area contributed by atoms with Crippen LogP contribution in [0.2, 0.25) is 0 Å². The number of nitrogens with one attached hydrogen (secondary N) is 3. The van der Waals surface area contributed by atoms with Crippen molar-refractivity contribution in [2.75, 3.05) is 42.7 Å². The summed E-state index contributed by atoms with van der Waals surface area (Å²) in [4.78, 5) is 59.2. The second kappa shape index (κ2) is 10.3. The van der Waals surface area contributed by atoms with Gasteiger partial charge in [-0.1, -0.05) is 10.9 Å². The summed E-state index contributed by atoms with van der Waals surface area (Å²) in [7, 11) is 0. The molecule has 2 fully saturated rings. The summed E-state index contributed by atoms with van der Waals surface area (Å²) in [5.74, 6) is -5.06. The molecule has 4 rings (SSSR count). The van der Waals surface area contributed by atoms with Crippen LogP contribution in [-0.2, 0) is 18.9 Å². The lowest BCUT2D eigenvalue weighted by molar-refractivity contribution is -0.823. The Hall–Kier alpha value is -4.88. The molecule has 0 aliphatic carbocycles. The van der Waals surface area contributed by atoms with Gasteiger partial charge >= 0.3 is 23.0 Å². The Morgan fingerprint density at radius 3 is 1.41 bits per heavy atom. The smallest absolute Gasteiger partial charge is 0.335 e. The maximum atomic E-state index is 12.8. The molecule has 0 atom stereocenters. The summed E-state index contributed by atoms with van der Waals surface area (Å²) >= 11 is 0. The van der Waals surface area contributed by atoms with E-state index in [1.54, 1.807) is 0 Å². The summed E-state index contributed by atoms with van der Waals surface area (Å²) in [6, 6.07) is 0. The molecule has 2 aromatic heterocycles. The van der Waals surface area contributed by atoms with Gasteiger partial charge in [0.1, 0.15) is 14.7 Å². The van der Waals surface area contributed by atoms with Gasteiger partial charge in [-0.25, -0.2) is 4.63 Å². The number of aromatic nitrogens is 4. The number of nitro groups is 2. The number of nitroso groups, excluding NO2 is 3. The summed E-state index contributed by atoms with van der Waals surface area (Å²) in [6.45, 7) is 3.20. The fourth-order valence-corrected chi connectivity index (χ4v) is 3.19. The van der Waals surface area contributed by atoms with Crippen molar-refractivity contribution in [1.82, 2.24) is 20.6 Å². The van der Waals surface area contributed by atoms with Crippen molar-refractivity contribution in [3.05, 3.63) is 34.9 Å². The maximum Gasteiger partial charge on any atom is 0.522 e. The van der Waals surface area contributed by atoms with Crippen molar-refractivity contribution in [2.45, 2.75) is 50.6 Å². The molecule has 2 aliphatic heterocycles. The quantitative estimate of drug-likeness (QED) is 0.130. The molecule has 4 heterocycles. The Balaban J connectivity index is 1.47. The van der Waals surface area contributed by atoms with Gasteiger partial charge in [-0.3, -0.25) is 20.2 Å². The second-order valence-corrected chi connectivity index (χ2v) is 9.55. The average molecular weight is 591 g/mol. The van der Waals surface area contributed by atoms with E-state index >= 15 is 0 Å².